The van der Waals surface area contributed by atoms with Gasteiger partial charge in [0, 0.05) is 16.1 Å². The Balaban J connectivity index is 2.35. The van der Waals surface area contributed by atoms with E-state index in [4.69, 9.17) is 32.7 Å². The fraction of sp³-hybridized carbons (Fsp3) is 0.263. The fourth-order valence-electron chi connectivity index (χ4n) is 3.01. The van der Waals surface area contributed by atoms with Gasteiger partial charge in [-0.2, -0.15) is 0 Å². The second kappa shape index (κ2) is 8.26. The van der Waals surface area contributed by atoms with E-state index in [1.807, 2.05) is 0 Å². The first-order valence-corrected chi connectivity index (χ1v) is 9.11. The maximum absolute atomic E-state index is 13.0. The molecule has 148 valence electrons. The topological polar surface area (TPSA) is 82.7 Å². The van der Waals surface area contributed by atoms with E-state index in [1.54, 1.807) is 24.3 Å². The summed E-state index contributed by atoms with van der Waals surface area (Å²) >= 11 is 12.2. The summed E-state index contributed by atoms with van der Waals surface area (Å²) in [6.45, 7) is -0.377. The van der Waals surface area contributed by atoms with Crippen molar-refractivity contribution < 1.29 is 14.6 Å². The van der Waals surface area contributed by atoms with Crippen molar-refractivity contribution in [2.24, 2.45) is 0 Å². The van der Waals surface area contributed by atoms with Crippen LogP contribution in [0.4, 0.5) is 0 Å². The molecule has 0 fully saturated rings. The van der Waals surface area contributed by atoms with Gasteiger partial charge in [-0.05, 0) is 23.8 Å². The van der Waals surface area contributed by atoms with Crippen LogP contribution in [0.5, 0.6) is 11.5 Å². The molecule has 0 saturated carbocycles. The largest absolute Gasteiger partial charge is 0.493 e. The molecule has 9 heteroatoms. The highest BCUT2D eigenvalue weighted by Crippen LogP contribution is 2.31. The van der Waals surface area contributed by atoms with E-state index < -0.39 is 11.2 Å². The molecule has 0 amide bonds. The molecule has 28 heavy (non-hydrogen) atoms. The Hall–Kier alpha value is -2.48. The first-order chi connectivity index (χ1) is 13.4. The smallest absolute Gasteiger partial charge is 0.331 e. The van der Waals surface area contributed by atoms with E-state index >= 15 is 0 Å². The number of benzene rings is 2. The summed E-state index contributed by atoms with van der Waals surface area (Å²) in [6, 6.07) is 8.06. The average molecular weight is 425 g/mol. The Bertz CT molecular complexity index is 1150. The van der Waals surface area contributed by atoms with Crippen LogP contribution in [-0.2, 0) is 13.1 Å². The van der Waals surface area contributed by atoms with Gasteiger partial charge < -0.3 is 14.6 Å². The lowest BCUT2D eigenvalue weighted by atomic mass is 10.1. The summed E-state index contributed by atoms with van der Waals surface area (Å²) in [6.07, 6.45) is 0. The molecule has 0 aliphatic carbocycles. The van der Waals surface area contributed by atoms with Crippen molar-refractivity contribution in [1.82, 2.24) is 9.13 Å². The lowest BCUT2D eigenvalue weighted by molar-refractivity contribution is 0.270. The molecule has 0 atom stereocenters. The molecular weight excluding hydrogens is 407 g/mol. The SMILES string of the molecule is COc1cc2c(=O)n(CCO)c(=O)n(Cc3ccc(Cl)cc3Cl)c2cc1OC. The van der Waals surface area contributed by atoms with E-state index in [0.29, 0.717) is 32.6 Å². The maximum Gasteiger partial charge on any atom is 0.331 e. The number of halogens is 2. The molecule has 3 rings (SSSR count). The molecule has 0 bridgehead atoms. The van der Waals surface area contributed by atoms with E-state index in [1.165, 1.54) is 24.9 Å². The van der Waals surface area contributed by atoms with E-state index in [2.05, 4.69) is 0 Å². The number of ether oxygens (including phenoxy) is 2. The van der Waals surface area contributed by atoms with Gasteiger partial charge in [-0.3, -0.25) is 13.9 Å². The number of aliphatic hydroxyl groups is 1. The van der Waals surface area contributed by atoms with Crippen LogP contribution in [0.1, 0.15) is 5.56 Å². The number of rotatable bonds is 6. The summed E-state index contributed by atoms with van der Waals surface area (Å²) in [7, 11) is 2.93. The van der Waals surface area contributed by atoms with Crippen LogP contribution in [0.25, 0.3) is 10.9 Å². The van der Waals surface area contributed by atoms with Crippen LogP contribution in [0.15, 0.2) is 39.9 Å². The minimum atomic E-state index is -0.565. The zero-order chi connectivity index (χ0) is 20.4. The van der Waals surface area contributed by atoms with Crippen LogP contribution < -0.4 is 20.7 Å². The maximum atomic E-state index is 13.0. The van der Waals surface area contributed by atoms with Crippen molar-refractivity contribution in [3.63, 3.8) is 0 Å². The third-order valence-electron chi connectivity index (χ3n) is 4.40. The number of hydrogen-bond acceptors (Lipinski definition) is 5. The van der Waals surface area contributed by atoms with Crippen molar-refractivity contribution >= 4 is 34.1 Å². The molecule has 7 nitrogen and oxygen atoms in total. The van der Waals surface area contributed by atoms with Crippen LogP contribution in [0.2, 0.25) is 10.0 Å². The number of methoxy groups -OCH3 is 2. The Morgan fingerprint density at radius 3 is 2.29 bits per heavy atom. The Labute approximate surface area is 170 Å². The van der Waals surface area contributed by atoms with Crippen LogP contribution in [0.3, 0.4) is 0 Å². The lowest BCUT2D eigenvalue weighted by Crippen LogP contribution is -2.41. The average Bonchev–Trinajstić information content (AvgIpc) is 2.68. The minimum Gasteiger partial charge on any atom is -0.493 e. The summed E-state index contributed by atoms with van der Waals surface area (Å²) in [5, 5.41) is 10.4. The van der Waals surface area contributed by atoms with Crippen molar-refractivity contribution in [3.8, 4) is 11.5 Å². The third kappa shape index (κ3) is 3.61. The highest BCUT2D eigenvalue weighted by atomic mass is 35.5. The standard InChI is InChI=1S/C19H18Cl2N2O5/c1-27-16-8-13-15(9-17(16)28-2)23(19(26)22(5-6-24)18(13)25)10-11-3-4-12(20)7-14(11)21/h3-4,7-9,24H,5-6,10H2,1-2H3. The molecule has 0 saturated heterocycles. The second-order valence-corrected chi connectivity index (χ2v) is 6.85. The Kier molecular flexibility index (Phi) is 5.98. The third-order valence-corrected chi connectivity index (χ3v) is 4.98. The number of hydrogen-bond donors (Lipinski definition) is 1. The zero-order valence-electron chi connectivity index (χ0n) is 15.2. The van der Waals surface area contributed by atoms with Gasteiger partial charge in [-0.1, -0.05) is 29.3 Å². The second-order valence-electron chi connectivity index (χ2n) is 6.01. The molecule has 1 aromatic heterocycles. The minimum absolute atomic E-state index is 0.104. The van der Waals surface area contributed by atoms with Gasteiger partial charge in [0.05, 0.1) is 44.8 Å². The number of aromatic nitrogens is 2. The van der Waals surface area contributed by atoms with Gasteiger partial charge in [-0.25, -0.2) is 4.79 Å². The number of aliphatic hydroxyl groups excluding tert-OH is 1. The molecule has 0 aliphatic rings. The van der Waals surface area contributed by atoms with Crippen molar-refractivity contribution in [2.45, 2.75) is 13.1 Å². The van der Waals surface area contributed by atoms with Crippen molar-refractivity contribution in [3.05, 3.63) is 66.8 Å². The van der Waals surface area contributed by atoms with Gasteiger partial charge in [0.2, 0.25) is 0 Å². The van der Waals surface area contributed by atoms with Crippen molar-refractivity contribution in [2.75, 3.05) is 20.8 Å². The van der Waals surface area contributed by atoms with Crippen molar-refractivity contribution in [1.29, 1.82) is 0 Å². The van der Waals surface area contributed by atoms with Gasteiger partial charge in [0.1, 0.15) is 0 Å². The molecule has 3 aromatic rings. The molecule has 1 heterocycles. The summed E-state index contributed by atoms with van der Waals surface area (Å²) in [4.78, 5) is 25.8. The molecule has 0 spiro atoms. The van der Waals surface area contributed by atoms with Gasteiger partial charge in [0.25, 0.3) is 5.56 Å². The van der Waals surface area contributed by atoms with Crippen LogP contribution >= 0.6 is 23.2 Å². The zero-order valence-corrected chi connectivity index (χ0v) is 16.8. The predicted octanol–water partition coefficient (Wildman–Crippen LogP) is 2.53. The number of nitrogens with zero attached hydrogens (tertiary/aromatic N) is 2. The van der Waals surface area contributed by atoms with Gasteiger partial charge in [-0.15, -0.1) is 0 Å². The fourth-order valence-corrected chi connectivity index (χ4v) is 3.48. The molecular formula is C19H18Cl2N2O5. The summed E-state index contributed by atoms with van der Waals surface area (Å²) in [5.41, 5.74) is -0.0652. The first-order valence-electron chi connectivity index (χ1n) is 8.35. The molecule has 0 unspecified atom stereocenters. The number of fused-ring (bicyclic) bond motifs is 1. The highest BCUT2D eigenvalue weighted by molar-refractivity contribution is 6.35. The lowest BCUT2D eigenvalue weighted by Gasteiger charge is -2.16. The first kappa shape index (κ1) is 20.3. The monoisotopic (exact) mass is 424 g/mol. The van der Waals surface area contributed by atoms with Gasteiger partial charge >= 0.3 is 5.69 Å². The van der Waals surface area contributed by atoms with Crippen LogP contribution in [-0.4, -0.2) is 35.1 Å². The molecule has 1 N–H and O–H groups in total. The normalized spacial score (nSPS) is 11.0. The predicted molar refractivity (Wildman–Crippen MR) is 108 cm³/mol. The Morgan fingerprint density at radius 1 is 1.00 bits per heavy atom. The highest BCUT2D eigenvalue weighted by Gasteiger charge is 2.17. The van der Waals surface area contributed by atoms with E-state index in [0.717, 1.165) is 4.57 Å². The van der Waals surface area contributed by atoms with Gasteiger partial charge in [0.15, 0.2) is 11.5 Å². The quantitative estimate of drug-likeness (QED) is 0.657. The van der Waals surface area contributed by atoms with Crippen LogP contribution in [0, 0.1) is 0 Å². The summed E-state index contributed by atoms with van der Waals surface area (Å²) < 4.78 is 13.0. The Morgan fingerprint density at radius 2 is 1.68 bits per heavy atom. The molecule has 0 radical (unpaired) electrons. The summed E-state index contributed by atoms with van der Waals surface area (Å²) in [5.74, 6) is 0.738. The van der Waals surface area contributed by atoms with E-state index in [-0.39, 0.29) is 25.1 Å². The molecule has 0 aliphatic heterocycles. The van der Waals surface area contributed by atoms with E-state index in [9.17, 15) is 14.7 Å². The molecule has 2 aromatic carbocycles.